The minimum Gasteiger partial charge on any atom is -0.462 e. The molecule has 0 heterocycles. The molecule has 30 heavy (non-hydrogen) atoms. The highest BCUT2D eigenvalue weighted by molar-refractivity contribution is 6.09. The SMILES string of the molecule is CCOC(=O)NC(=O)c1ccccc1C(=O)OCCCCCCCCCCCCO. The smallest absolute Gasteiger partial charge is 0.414 e. The Kier molecular flexibility index (Phi) is 14.0. The van der Waals surface area contributed by atoms with Crippen LogP contribution in [0, 0.1) is 0 Å². The van der Waals surface area contributed by atoms with Crippen LogP contribution in [0.15, 0.2) is 24.3 Å². The fourth-order valence-corrected chi connectivity index (χ4v) is 3.06. The molecule has 1 aromatic rings. The fraction of sp³-hybridized carbons (Fsp3) is 0.609. The van der Waals surface area contributed by atoms with Crippen molar-refractivity contribution in [3.8, 4) is 0 Å². The minimum atomic E-state index is -0.851. The maximum atomic E-state index is 12.3. The van der Waals surface area contributed by atoms with Gasteiger partial charge in [-0.3, -0.25) is 10.1 Å². The number of hydrogen-bond acceptors (Lipinski definition) is 6. The highest BCUT2D eigenvalue weighted by atomic mass is 16.5. The first-order valence-electron chi connectivity index (χ1n) is 10.9. The Labute approximate surface area is 179 Å². The van der Waals surface area contributed by atoms with Crippen LogP contribution in [-0.4, -0.2) is 42.9 Å². The van der Waals surface area contributed by atoms with Gasteiger partial charge in [-0.05, 0) is 31.9 Å². The molecule has 0 unspecified atom stereocenters. The molecule has 1 aromatic carbocycles. The molecular weight excluding hydrogens is 386 g/mol. The number of carbonyl (C=O) groups excluding carboxylic acids is 3. The Bertz CT molecular complexity index is 646. The van der Waals surface area contributed by atoms with Gasteiger partial charge < -0.3 is 14.6 Å². The third-order valence-corrected chi connectivity index (χ3v) is 4.67. The van der Waals surface area contributed by atoms with Gasteiger partial charge in [-0.2, -0.15) is 0 Å². The first-order valence-corrected chi connectivity index (χ1v) is 10.9. The van der Waals surface area contributed by atoms with Crippen LogP contribution in [0.3, 0.4) is 0 Å². The Balaban J connectivity index is 2.25. The molecule has 7 heteroatoms. The lowest BCUT2D eigenvalue weighted by Gasteiger charge is -2.10. The molecule has 0 aromatic heterocycles. The lowest BCUT2D eigenvalue weighted by molar-refractivity contribution is 0.0493. The second kappa shape index (κ2) is 16.4. The molecule has 0 radical (unpaired) electrons. The second-order valence-electron chi connectivity index (χ2n) is 7.12. The molecule has 1 rings (SSSR count). The molecule has 0 aliphatic heterocycles. The zero-order chi connectivity index (χ0) is 22.0. The van der Waals surface area contributed by atoms with Crippen LogP contribution in [0.5, 0.6) is 0 Å². The van der Waals surface area contributed by atoms with Gasteiger partial charge in [0, 0.05) is 6.61 Å². The van der Waals surface area contributed by atoms with Gasteiger partial charge in [0.05, 0.1) is 24.3 Å². The zero-order valence-electron chi connectivity index (χ0n) is 18.0. The third-order valence-electron chi connectivity index (χ3n) is 4.67. The highest BCUT2D eigenvalue weighted by Gasteiger charge is 2.19. The van der Waals surface area contributed by atoms with Crippen molar-refractivity contribution in [2.45, 2.75) is 71.1 Å². The van der Waals surface area contributed by atoms with Gasteiger partial charge in [0.1, 0.15) is 0 Å². The van der Waals surface area contributed by atoms with Gasteiger partial charge in [0.2, 0.25) is 0 Å². The van der Waals surface area contributed by atoms with Crippen LogP contribution < -0.4 is 5.32 Å². The van der Waals surface area contributed by atoms with Gasteiger partial charge in [0.25, 0.3) is 5.91 Å². The number of unbranched alkanes of at least 4 members (excludes halogenated alkanes) is 9. The van der Waals surface area contributed by atoms with E-state index < -0.39 is 18.0 Å². The Morgan fingerprint density at radius 1 is 0.800 bits per heavy atom. The van der Waals surface area contributed by atoms with E-state index in [0.29, 0.717) is 6.61 Å². The van der Waals surface area contributed by atoms with Crippen molar-refractivity contribution in [2.75, 3.05) is 19.8 Å². The lowest BCUT2D eigenvalue weighted by Crippen LogP contribution is -2.32. The molecule has 0 atom stereocenters. The van der Waals surface area contributed by atoms with E-state index in [1.54, 1.807) is 19.1 Å². The van der Waals surface area contributed by atoms with E-state index in [4.69, 9.17) is 9.84 Å². The van der Waals surface area contributed by atoms with E-state index in [1.165, 1.54) is 44.2 Å². The average molecular weight is 422 g/mol. The number of esters is 1. The van der Waals surface area contributed by atoms with E-state index >= 15 is 0 Å². The summed E-state index contributed by atoms with van der Waals surface area (Å²) in [6.45, 7) is 2.37. The molecule has 2 amide bonds. The number of alkyl carbamates (subject to hydrolysis) is 1. The van der Waals surface area contributed by atoms with E-state index in [0.717, 1.165) is 32.1 Å². The average Bonchev–Trinajstić information content (AvgIpc) is 2.74. The van der Waals surface area contributed by atoms with E-state index in [9.17, 15) is 14.4 Å². The van der Waals surface area contributed by atoms with Gasteiger partial charge in [-0.25, -0.2) is 9.59 Å². The topological polar surface area (TPSA) is 102 Å². The van der Waals surface area contributed by atoms with Crippen LogP contribution in [0.2, 0.25) is 0 Å². The molecular formula is C23H35NO6. The van der Waals surface area contributed by atoms with Crippen LogP contribution in [0.4, 0.5) is 4.79 Å². The number of nitrogens with one attached hydrogen (secondary N) is 1. The van der Waals surface area contributed by atoms with E-state index in [-0.39, 0.29) is 24.3 Å². The Morgan fingerprint density at radius 3 is 1.90 bits per heavy atom. The van der Waals surface area contributed by atoms with E-state index in [2.05, 4.69) is 10.1 Å². The van der Waals surface area contributed by atoms with Gasteiger partial charge in [-0.15, -0.1) is 0 Å². The third kappa shape index (κ3) is 11.0. The van der Waals surface area contributed by atoms with Crippen LogP contribution in [-0.2, 0) is 9.47 Å². The number of aliphatic hydroxyl groups excluding tert-OH is 1. The number of ether oxygens (including phenoxy) is 2. The standard InChI is InChI=1S/C23H35NO6/c1-2-29-23(28)24-21(26)19-15-11-12-16-20(19)22(27)30-18-14-10-8-6-4-3-5-7-9-13-17-25/h11-12,15-16,25H,2-10,13-14,17-18H2,1H3,(H,24,26,28). The Morgan fingerprint density at radius 2 is 1.33 bits per heavy atom. The highest BCUT2D eigenvalue weighted by Crippen LogP contribution is 2.13. The van der Waals surface area contributed by atoms with Crippen molar-refractivity contribution >= 4 is 18.0 Å². The Hall–Kier alpha value is -2.41. The summed E-state index contributed by atoms with van der Waals surface area (Å²) >= 11 is 0. The summed E-state index contributed by atoms with van der Waals surface area (Å²) in [5.74, 6) is -1.27. The maximum absolute atomic E-state index is 12.3. The predicted molar refractivity (Wildman–Crippen MR) is 114 cm³/mol. The quantitative estimate of drug-likeness (QED) is 0.316. The van der Waals surface area contributed by atoms with Crippen molar-refractivity contribution in [3.05, 3.63) is 35.4 Å². The molecule has 0 saturated carbocycles. The molecule has 0 fully saturated rings. The van der Waals surface area contributed by atoms with Crippen molar-refractivity contribution in [1.29, 1.82) is 0 Å². The number of benzene rings is 1. The van der Waals surface area contributed by atoms with Gasteiger partial charge >= 0.3 is 12.1 Å². The second-order valence-corrected chi connectivity index (χ2v) is 7.12. The minimum absolute atomic E-state index is 0.0783. The lowest BCUT2D eigenvalue weighted by atomic mass is 10.1. The number of amides is 2. The molecule has 168 valence electrons. The molecule has 2 N–H and O–H groups in total. The molecule has 7 nitrogen and oxygen atoms in total. The summed E-state index contributed by atoms with van der Waals surface area (Å²) in [4.78, 5) is 36.0. The van der Waals surface area contributed by atoms with Crippen LogP contribution >= 0.6 is 0 Å². The summed E-state index contributed by atoms with van der Waals surface area (Å²) in [6, 6.07) is 6.23. The molecule has 0 spiro atoms. The molecule has 0 saturated heterocycles. The first-order chi connectivity index (χ1) is 14.6. The monoisotopic (exact) mass is 421 g/mol. The van der Waals surface area contributed by atoms with Gasteiger partial charge in [-0.1, -0.05) is 63.5 Å². The fourth-order valence-electron chi connectivity index (χ4n) is 3.06. The maximum Gasteiger partial charge on any atom is 0.414 e. The number of rotatable bonds is 15. The van der Waals surface area contributed by atoms with Crippen LogP contribution in [0.1, 0.15) is 91.8 Å². The zero-order valence-corrected chi connectivity index (χ0v) is 18.0. The summed E-state index contributed by atoms with van der Waals surface area (Å²) in [6.07, 6.45) is 10.0. The predicted octanol–water partition coefficient (Wildman–Crippen LogP) is 4.62. The first kappa shape index (κ1) is 25.6. The summed E-state index contributed by atoms with van der Waals surface area (Å²) in [5, 5.41) is 10.8. The normalized spacial score (nSPS) is 10.5. The van der Waals surface area contributed by atoms with Crippen molar-refractivity contribution in [1.82, 2.24) is 5.32 Å². The van der Waals surface area contributed by atoms with Crippen molar-refractivity contribution < 1.29 is 29.0 Å². The van der Waals surface area contributed by atoms with Crippen molar-refractivity contribution in [3.63, 3.8) is 0 Å². The van der Waals surface area contributed by atoms with Crippen molar-refractivity contribution in [2.24, 2.45) is 0 Å². The summed E-state index contributed by atoms with van der Waals surface area (Å²) < 4.78 is 9.99. The number of imide groups is 1. The number of carbonyl (C=O) groups is 3. The van der Waals surface area contributed by atoms with E-state index in [1.807, 2.05) is 0 Å². The number of aliphatic hydroxyl groups is 1. The largest absolute Gasteiger partial charge is 0.462 e. The summed E-state index contributed by atoms with van der Waals surface area (Å²) in [7, 11) is 0. The van der Waals surface area contributed by atoms with Gasteiger partial charge in [0.15, 0.2) is 0 Å². The molecule has 0 aliphatic carbocycles. The number of hydrogen-bond donors (Lipinski definition) is 2. The summed E-state index contributed by atoms with van der Waals surface area (Å²) in [5.41, 5.74) is 0.204. The van der Waals surface area contributed by atoms with Crippen LogP contribution in [0.25, 0.3) is 0 Å². The molecule has 0 aliphatic rings. The molecule has 0 bridgehead atoms.